The molecule has 0 radical (unpaired) electrons. The summed E-state index contributed by atoms with van der Waals surface area (Å²) in [4.78, 5) is 7.28. The van der Waals surface area contributed by atoms with Crippen molar-refractivity contribution in [2.24, 2.45) is 0 Å². The third-order valence-electron chi connectivity index (χ3n) is 11.0. The summed E-state index contributed by atoms with van der Waals surface area (Å²) >= 11 is 3.71. The maximum atomic E-state index is 2.45. The molecule has 0 bridgehead atoms. The average Bonchev–Trinajstić information content (AvgIpc) is 3.87. The molecule has 0 saturated heterocycles. The van der Waals surface area contributed by atoms with E-state index < -0.39 is 0 Å². The molecule has 0 N–H and O–H groups in total. The van der Waals surface area contributed by atoms with E-state index in [-0.39, 0.29) is 0 Å². The molecule has 9 aromatic carbocycles. The number of nitrogens with zero attached hydrogens (tertiary/aromatic N) is 3. The van der Waals surface area contributed by atoms with Gasteiger partial charge in [-0.2, -0.15) is 0 Å². The molecule has 280 valence electrons. The van der Waals surface area contributed by atoms with Crippen molar-refractivity contribution in [3.8, 4) is 0 Å². The first-order valence-corrected chi connectivity index (χ1v) is 21.5. The van der Waals surface area contributed by atoms with Gasteiger partial charge >= 0.3 is 0 Å². The standard InChI is InChI=1S/C54H37N3S2/c1-6-20-38(21-7-1)55(43-34-47-45-30-16-18-32-50(45)59-54(47)49(36-43)57(41-26-12-4-13-27-41)42-28-14-5-15-29-42)44-35-48(53-46-31-17-19-33-51(46)58-52(53)37-44)56(39-22-8-2-9-23-39)40-24-10-3-11-25-40/h1-37H. The van der Waals surface area contributed by atoms with Crippen molar-refractivity contribution in [2.75, 3.05) is 14.7 Å². The Labute approximate surface area is 351 Å². The highest BCUT2D eigenvalue weighted by atomic mass is 32.1. The molecule has 59 heavy (non-hydrogen) atoms. The van der Waals surface area contributed by atoms with E-state index in [2.05, 4.69) is 239 Å². The van der Waals surface area contributed by atoms with Crippen molar-refractivity contribution >= 4 is 114 Å². The number of benzene rings is 9. The quantitative estimate of drug-likeness (QED) is 0.144. The van der Waals surface area contributed by atoms with Gasteiger partial charge in [-0.05, 0) is 97.1 Å². The first-order chi connectivity index (χ1) is 29.3. The van der Waals surface area contributed by atoms with Crippen molar-refractivity contribution in [1.29, 1.82) is 0 Å². The molecule has 0 aliphatic rings. The Kier molecular flexibility index (Phi) is 8.88. The summed E-state index contributed by atoms with van der Waals surface area (Å²) in [6.45, 7) is 0. The predicted octanol–water partition coefficient (Wildman–Crippen LogP) is 16.8. The summed E-state index contributed by atoms with van der Waals surface area (Å²) < 4.78 is 5.01. The van der Waals surface area contributed by atoms with E-state index in [4.69, 9.17) is 0 Å². The lowest BCUT2D eigenvalue weighted by atomic mass is 10.0. The molecule has 11 aromatic rings. The summed E-state index contributed by atoms with van der Waals surface area (Å²) in [5.74, 6) is 0. The molecule has 0 unspecified atom stereocenters. The van der Waals surface area contributed by atoms with Gasteiger partial charge in [-0.1, -0.05) is 127 Å². The van der Waals surface area contributed by atoms with Crippen molar-refractivity contribution in [1.82, 2.24) is 0 Å². The molecule has 0 aliphatic carbocycles. The molecule has 0 spiro atoms. The van der Waals surface area contributed by atoms with Gasteiger partial charge in [0.15, 0.2) is 0 Å². The van der Waals surface area contributed by atoms with Gasteiger partial charge in [0.1, 0.15) is 0 Å². The second-order valence-corrected chi connectivity index (χ2v) is 16.7. The summed E-state index contributed by atoms with van der Waals surface area (Å²) in [5, 5.41) is 4.99. The van der Waals surface area contributed by atoms with Crippen molar-refractivity contribution < 1.29 is 0 Å². The van der Waals surface area contributed by atoms with Crippen LogP contribution in [0, 0.1) is 0 Å². The zero-order chi connectivity index (χ0) is 39.1. The molecule has 0 saturated carbocycles. The lowest BCUT2D eigenvalue weighted by Gasteiger charge is -2.32. The van der Waals surface area contributed by atoms with Gasteiger partial charge in [0.2, 0.25) is 0 Å². The first-order valence-electron chi connectivity index (χ1n) is 19.8. The van der Waals surface area contributed by atoms with E-state index in [0.717, 1.165) is 51.2 Å². The van der Waals surface area contributed by atoms with Crippen LogP contribution in [0.15, 0.2) is 224 Å². The summed E-state index contributed by atoms with van der Waals surface area (Å²) in [6, 6.07) is 81.1. The lowest BCUT2D eigenvalue weighted by molar-refractivity contribution is 1.26. The molecular weight excluding hydrogens is 755 g/mol. The van der Waals surface area contributed by atoms with Crippen LogP contribution in [0.4, 0.5) is 51.2 Å². The van der Waals surface area contributed by atoms with Gasteiger partial charge in [-0.25, -0.2) is 0 Å². The predicted molar refractivity (Wildman–Crippen MR) is 256 cm³/mol. The molecule has 11 rings (SSSR count). The molecule has 2 aromatic heterocycles. The molecular formula is C54H37N3S2. The number of rotatable bonds is 9. The minimum Gasteiger partial charge on any atom is -0.310 e. The Hall–Kier alpha value is -7.18. The fourth-order valence-corrected chi connectivity index (χ4v) is 10.7. The highest BCUT2D eigenvalue weighted by molar-refractivity contribution is 7.26. The third-order valence-corrected chi connectivity index (χ3v) is 13.3. The number of hydrogen-bond donors (Lipinski definition) is 0. The normalized spacial score (nSPS) is 11.4. The van der Waals surface area contributed by atoms with E-state index in [1.54, 1.807) is 0 Å². The summed E-state index contributed by atoms with van der Waals surface area (Å²) in [7, 11) is 0. The average molecular weight is 792 g/mol. The number of thiophene rings is 2. The SMILES string of the molecule is c1ccc(N(c2cc(N(c3ccccc3)c3ccccc3)c3c(c2)sc2ccccc23)c2cc(N(c3ccccc3)c3ccccc3)c3sc4ccccc4c3c2)cc1. The molecule has 3 nitrogen and oxygen atoms in total. The maximum absolute atomic E-state index is 2.45. The number of para-hydroxylation sites is 5. The summed E-state index contributed by atoms with van der Waals surface area (Å²) in [6.07, 6.45) is 0. The summed E-state index contributed by atoms with van der Waals surface area (Å²) in [5.41, 5.74) is 9.94. The number of hydrogen-bond acceptors (Lipinski definition) is 5. The smallest absolute Gasteiger partial charge is 0.0661 e. The first kappa shape index (κ1) is 35.0. The van der Waals surface area contributed by atoms with Crippen LogP contribution in [0.5, 0.6) is 0 Å². The van der Waals surface area contributed by atoms with Gasteiger partial charge in [0, 0.05) is 75.5 Å². The molecule has 5 heteroatoms. The van der Waals surface area contributed by atoms with Crippen LogP contribution in [0.2, 0.25) is 0 Å². The van der Waals surface area contributed by atoms with E-state index >= 15 is 0 Å². The van der Waals surface area contributed by atoms with Gasteiger partial charge in [0.25, 0.3) is 0 Å². The monoisotopic (exact) mass is 791 g/mol. The molecule has 0 atom stereocenters. The molecule has 0 aliphatic heterocycles. The Morgan fingerprint density at radius 2 is 0.644 bits per heavy atom. The van der Waals surface area contributed by atoms with E-state index in [9.17, 15) is 0 Å². The van der Waals surface area contributed by atoms with E-state index in [1.807, 2.05) is 22.7 Å². The zero-order valence-corrected chi connectivity index (χ0v) is 33.7. The Balaban J connectivity index is 1.23. The molecule has 0 amide bonds. The van der Waals surface area contributed by atoms with Crippen molar-refractivity contribution in [3.05, 3.63) is 224 Å². The third kappa shape index (κ3) is 6.29. The second kappa shape index (κ2) is 15.0. The molecule has 0 fully saturated rings. The number of fused-ring (bicyclic) bond motifs is 6. The number of anilines is 9. The van der Waals surface area contributed by atoms with Crippen LogP contribution < -0.4 is 14.7 Å². The lowest BCUT2D eigenvalue weighted by Crippen LogP contribution is -2.15. The zero-order valence-electron chi connectivity index (χ0n) is 32.0. The topological polar surface area (TPSA) is 9.72 Å². The Morgan fingerprint density at radius 3 is 1.17 bits per heavy atom. The van der Waals surface area contributed by atoms with Gasteiger partial charge in [-0.3, -0.25) is 0 Å². The van der Waals surface area contributed by atoms with Crippen LogP contribution in [0.3, 0.4) is 0 Å². The molecule has 2 heterocycles. The van der Waals surface area contributed by atoms with Crippen LogP contribution in [-0.2, 0) is 0 Å². The highest BCUT2D eigenvalue weighted by Gasteiger charge is 2.25. The van der Waals surface area contributed by atoms with Crippen molar-refractivity contribution in [3.63, 3.8) is 0 Å². The Morgan fingerprint density at radius 1 is 0.254 bits per heavy atom. The van der Waals surface area contributed by atoms with Crippen molar-refractivity contribution in [2.45, 2.75) is 0 Å². The van der Waals surface area contributed by atoms with Crippen LogP contribution in [-0.4, -0.2) is 0 Å². The van der Waals surface area contributed by atoms with Gasteiger partial charge in [-0.15, -0.1) is 22.7 Å². The second-order valence-electron chi connectivity index (χ2n) is 14.6. The fraction of sp³-hybridized carbons (Fsp3) is 0. The minimum atomic E-state index is 1.08. The largest absolute Gasteiger partial charge is 0.310 e. The van der Waals surface area contributed by atoms with Crippen LogP contribution in [0.25, 0.3) is 40.3 Å². The van der Waals surface area contributed by atoms with Crippen LogP contribution >= 0.6 is 22.7 Å². The highest BCUT2D eigenvalue weighted by Crippen LogP contribution is 2.52. The van der Waals surface area contributed by atoms with Gasteiger partial charge in [0.05, 0.1) is 16.1 Å². The minimum absolute atomic E-state index is 1.08. The van der Waals surface area contributed by atoms with Crippen LogP contribution in [0.1, 0.15) is 0 Å². The van der Waals surface area contributed by atoms with Gasteiger partial charge < -0.3 is 14.7 Å². The fourth-order valence-electron chi connectivity index (χ4n) is 8.40. The Bertz CT molecular complexity index is 3140. The van der Waals surface area contributed by atoms with E-state index in [1.165, 1.54) is 40.3 Å². The van der Waals surface area contributed by atoms with E-state index in [0.29, 0.717) is 0 Å². The maximum Gasteiger partial charge on any atom is 0.0661 e.